The van der Waals surface area contributed by atoms with Gasteiger partial charge in [0.25, 0.3) is 0 Å². The third-order valence-electron chi connectivity index (χ3n) is 6.91. The van der Waals surface area contributed by atoms with Crippen molar-refractivity contribution in [2.75, 3.05) is 0 Å². The number of aromatic nitrogens is 2. The normalized spacial score (nSPS) is 16.0. The molecule has 0 unspecified atom stereocenters. The van der Waals surface area contributed by atoms with Crippen molar-refractivity contribution < 1.29 is 4.42 Å². The molecule has 0 spiro atoms. The summed E-state index contributed by atoms with van der Waals surface area (Å²) in [6.45, 7) is 2.20. The molecule has 5 heteroatoms. The molecule has 4 aromatic rings. The Hall–Kier alpha value is -2.60. The fourth-order valence-electron chi connectivity index (χ4n) is 5.18. The summed E-state index contributed by atoms with van der Waals surface area (Å²) in [6, 6.07) is 31.3. The first-order valence-electron chi connectivity index (χ1n) is 11.4. The van der Waals surface area contributed by atoms with Crippen molar-refractivity contribution in [2.24, 2.45) is 0 Å². The van der Waals surface area contributed by atoms with Gasteiger partial charge in [0.2, 0.25) is 0 Å². The molecule has 0 N–H and O–H groups in total. The van der Waals surface area contributed by atoms with E-state index in [0.29, 0.717) is 5.89 Å². The van der Waals surface area contributed by atoms with Gasteiger partial charge >= 0.3 is 194 Å². The van der Waals surface area contributed by atoms with E-state index in [-0.39, 0.29) is 11.2 Å². The van der Waals surface area contributed by atoms with E-state index in [1.54, 1.807) is 2.90 Å². The molecule has 1 aliphatic rings. The summed E-state index contributed by atoms with van der Waals surface area (Å²) in [7, 11) is 0. The summed E-state index contributed by atoms with van der Waals surface area (Å²) in [6.07, 6.45) is 5.56. The van der Waals surface area contributed by atoms with E-state index in [1.807, 2.05) is 18.2 Å². The average molecular weight is 531 g/mol. The predicted octanol–water partition coefficient (Wildman–Crippen LogP) is 3.57. The van der Waals surface area contributed by atoms with Crippen LogP contribution in [0, 0.1) is 0 Å². The fraction of sp³-hybridized carbons (Fsp3) is 0.259. The van der Waals surface area contributed by atoms with Gasteiger partial charge in [0, 0.05) is 0 Å². The van der Waals surface area contributed by atoms with Crippen LogP contribution in [0.1, 0.15) is 44.9 Å². The first kappa shape index (κ1) is 21.3. The average Bonchev–Trinajstić information content (AvgIpc) is 3.25. The van der Waals surface area contributed by atoms with Gasteiger partial charge < -0.3 is 0 Å². The van der Waals surface area contributed by atoms with E-state index in [0.717, 1.165) is 25.7 Å². The molecule has 0 bridgehead atoms. The first-order valence-corrected chi connectivity index (χ1v) is 17.0. The van der Waals surface area contributed by atoms with E-state index in [2.05, 4.69) is 79.7 Å². The van der Waals surface area contributed by atoms with Gasteiger partial charge in [-0.1, -0.05) is 0 Å². The van der Waals surface area contributed by atoms with Crippen molar-refractivity contribution in [3.63, 3.8) is 0 Å². The maximum absolute atomic E-state index is 13.6. The van der Waals surface area contributed by atoms with Gasteiger partial charge in [-0.05, 0) is 0 Å². The molecule has 1 saturated carbocycles. The monoisotopic (exact) mass is 532 g/mol. The van der Waals surface area contributed by atoms with Gasteiger partial charge in [-0.25, -0.2) is 0 Å². The summed E-state index contributed by atoms with van der Waals surface area (Å²) in [5.41, 5.74) is -0.176. The molecule has 3 aromatic carbocycles. The second kappa shape index (κ2) is 8.74. The summed E-state index contributed by atoms with van der Waals surface area (Å²) >= 11 is -4.09. The molecule has 4 nitrogen and oxygen atoms in total. The molecule has 0 atom stereocenters. The molecule has 32 heavy (non-hydrogen) atoms. The Labute approximate surface area is 193 Å². The summed E-state index contributed by atoms with van der Waals surface area (Å²) in [5, 5.41) is 5.04. The molecule has 0 radical (unpaired) electrons. The summed E-state index contributed by atoms with van der Waals surface area (Å²) < 4.78 is 11.3. The number of benzene rings is 3. The second-order valence-electron chi connectivity index (χ2n) is 9.01. The van der Waals surface area contributed by atoms with Crippen LogP contribution < -0.4 is 16.5 Å². The Bertz CT molecular complexity index is 1130. The van der Waals surface area contributed by atoms with Crippen LogP contribution in [0.2, 0.25) is 0 Å². The van der Waals surface area contributed by atoms with E-state index >= 15 is 0 Å². The maximum atomic E-state index is 13.6. The zero-order valence-corrected chi connectivity index (χ0v) is 21.3. The van der Waals surface area contributed by atoms with E-state index in [4.69, 9.17) is 9.52 Å². The Kier molecular flexibility index (Phi) is 5.80. The Morgan fingerprint density at radius 1 is 0.750 bits per heavy atom. The Balaban J connectivity index is 1.83. The van der Waals surface area contributed by atoms with Crippen molar-refractivity contribution in [1.82, 2.24) is 8.00 Å². The minimum atomic E-state index is -4.09. The van der Waals surface area contributed by atoms with Gasteiger partial charge in [0.15, 0.2) is 0 Å². The van der Waals surface area contributed by atoms with Gasteiger partial charge in [0.05, 0.1) is 0 Å². The molecule has 162 valence electrons. The van der Waals surface area contributed by atoms with Crippen molar-refractivity contribution in [1.29, 1.82) is 0 Å². The van der Waals surface area contributed by atoms with Crippen molar-refractivity contribution >= 4 is 29.4 Å². The van der Waals surface area contributed by atoms with Crippen LogP contribution >= 0.6 is 0 Å². The third kappa shape index (κ3) is 3.54. The SMILES string of the molecule is CC1(c2n[n]([Sn]([c]3ccccc3)([c]3ccccc3)[c]3ccccc3)c(=O)o2)CCCCC1. The van der Waals surface area contributed by atoms with Crippen molar-refractivity contribution in [3.8, 4) is 0 Å². The topological polar surface area (TPSA) is 48.0 Å². The predicted molar refractivity (Wildman–Crippen MR) is 131 cm³/mol. The van der Waals surface area contributed by atoms with E-state index in [1.165, 1.54) is 17.2 Å². The molecular formula is C27H28N2O2Sn. The fourth-order valence-corrected chi connectivity index (χ4v) is 17.5. The number of hydrogen-bond acceptors (Lipinski definition) is 3. The number of rotatable bonds is 5. The molecule has 1 heterocycles. The van der Waals surface area contributed by atoms with Gasteiger partial charge in [-0.15, -0.1) is 0 Å². The van der Waals surface area contributed by atoms with Crippen LogP contribution in [0.4, 0.5) is 0 Å². The summed E-state index contributed by atoms with van der Waals surface area (Å²) in [4.78, 5) is 13.6. The van der Waals surface area contributed by atoms with Crippen molar-refractivity contribution in [3.05, 3.63) is 107 Å². The molecule has 1 aromatic heterocycles. The Morgan fingerprint density at radius 2 is 1.19 bits per heavy atom. The van der Waals surface area contributed by atoms with E-state index in [9.17, 15) is 4.79 Å². The van der Waals surface area contributed by atoms with Gasteiger partial charge in [-0.3, -0.25) is 0 Å². The summed E-state index contributed by atoms with van der Waals surface area (Å²) in [5.74, 6) is 0.269. The molecule has 1 aliphatic carbocycles. The molecule has 5 rings (SSSR count). The third-order valence-corrected chi connectivity index (χ3v) is 19.5. The molecule has 0 amide bonds. The Morgan fingerprint density at radius 3 is 1.62 bits per heavy atom. The zero-order chi connectivity index (χ0) is 22.0. The van der Waals surface area contributed by atoms with Crippen LogP contribution in [0.15, 0.2) is 100 Å². The van der Waals surface area contributed by atoms with Crippen LogP contribution in [0.25, 0.3) is 0 Å². The van der Waals surface area contributed by atoms with Gasteiger partial charge in [-0.2, -0.15) is 0 Å². The van der Waals surface area contributed by atoms with Crippen molar-refractivity contribution in [2.45, 2.75) is 44.4 Å². The zero-order valence-electron chi connectivity index (χ0n) is 18.4. The van der Waals surface area contributed by atoms with E-state index < -0.39 is 18.7 Å². The van der Waals surface area contributed by atoms with Crippen LogP contribution in [-0.4, -0.2) is 26.7 Å². The van der Waals surface area contributed by atoms with Crippen LogP contribution in [-0.2, 0) is 5.41 Å². The van der Waals surface area contributed by atoms with Gasteiger partial charge in [0.1, 0.15) is 0 Å². The molecule has 0 aliphatic heterocycles. The standard InChI is InChI=1S/C9H14N2O2.3C6H5.Sn/c1-9(5-3-2-4-6-9)7-10-11-8(12)13-7;3*1-2-4-6-5-3-1;/h2-6H2,1H3,(H,11,12);3*1-5H;/q;;;;+1/p-1. The second-order valence-corrected chi connectivity index (χ2v) is 19.2. The minimum absolute atomic E-state index is 0.176. The first-order chi connectivity index (χ1) is 15.6. The quantitative estimate of drug-likeness (QED) is 0.371. The van der Waals surface area contributed by atoms with Crippen LogP contribution in [0.3, 0.4) is 0 Å². The van der Waals surface area contributed by atoms with Crippen LogP contribution in [0.5, 0.6) is 0 Å². The number of hydrogen-bond donors (Lipinski definition) is 0. The molecular weight excluding hydrogens is 503 g/mol. The number of nitrogens with zero attached hydrogens (tertiary/aromatic N) is 2. The molecule has 0 saturated heterocycles. The molecule has 1 fully saturated rings.